The van der Waals surface area contributed by atoms with Crippen LogP contribution in [0.25, 0.3) is 11.0 Å². The van der Waals surface area contributed by atoms with E-state index in [9.17, 15) is 5.11 Å². The van der Waals surface area contributed by atoms with Gasteiger partial charge in [0.05, 0.1) is 41.7 Å². The standard InChI is InChI=1S/C24H29N5O3/c1-3-31-22-18(12-26-23(28-22)32-4-2)24(30)10-9-16-13-29(15-19(16)24)14-17-11-25-20-7-5-6-8-21(20)27-17/h5-8,11-12,16,19,30H,3-4,9-10,13-15H2,1-2H3. The number of likely N-dealkylation sites (tertiary alicyclic amines) is 1. The van der Waals surface area contributed by atoms with Crippen LogP contribution in [0, 0.1) is 11.8 Å². The molecule has 1 aliphatic carbocycles. The smallest absolute Gasteiger partial charge is 0.319 e. The van der Waals surface area contributed by atoms with Crippen molar-refractivity contribution in [1.29, 1.82) is 0 Å². The van der Waals surface area contributed by atoms with E-state index < -0.39 is 5.60 Å². The highest BCUT2D eigenvalue weighted by Gasteiger charge is 2.54. The average Bonchev–Trinajstić information content (AvgIpc) is 3.34. The molecule has 0 amide bonds. The van der Waals surface area contributed by atoms with Crippen molar-refractivity contribution in [1.82, 2.24) is 24.8 Å². The highest BCUT2D eigenvalue weighted by molar-refractivity contribution is 5.73. The van der Waals surface area contributed by atoms with Crippen molar-refractivity contribution in [3.05, 3.63) is 47.9 Å². The first-order valence-corrected chi connectivity index (χ1v) is 11.4. The summed E-state index contributed by atoms with van der Waals surface area (Å²) in [5.74, 6) is 0.930. The molecule has 0 bridgehead atoms. The summed E-state index contributed by atoms with van der Waals surface area (Å²) in [6.07, 6.45) is 5.18. The summed E-state index contributed by atoms with van der Waals surface area (Å²) < 4.78 is 11.2. The van der Waals surface area contributed by atoms with E-state index >= 15 is 0 Å². The number of hydrogen-bond donors (Lipinski definition) is 1. The van der Waals surface area contributed by atoms with E-state index in [4.69, 9.17) is 14.5 Å². The zero-order chi connectivity index (χ0) is 22.1. The predicted molar refractivity (Wildman–Crippen MR) is 119 cm³/mol. The van der Waals surface area contributed by atoms with Crippen molar-refractivity contribution in [2.75, 3.05) is 26.3 Å². The molecule has 1 N–H and O–H groups in total. The summed E-state index contributed by atoms with van der Waals surface area (Å²) in [6, 6.07) is 8.20. The van der Waals surface area contributed by atoms with E-state index in [1.165, 1.54) is 0 Å². The van der Waals surface area contributed by atoms with E-state index in [1.54, 1.807) is 6.20 Å². The maximum absolute atomic E-state index is 11.8. The molecular formula is C24H29N5O3. The Morgan fingerprint density at radius 3 is 2.66 bits per heavy atom. The predicted octanol–water partition coefficient (Wildman–Crippen LogP) is 2.95. The molecule has 0 spiro atoms. The lowest BCUT2D eigenvalue weighted by Gasteiger charge is -2.31. The third kappa shape index (κ3) is 3.78. The molecule has 8 nitrogen and oxygen atoms in total. The first-order chi connectivity index (χ1) is 15.6. The summed E-state index contributed by atoms with van der Waals surface area (Å²) in [6.45, 7) is 7.19. The molecule has 5 rings (SSSR count). The minimum Gasteiger partial charge on any atom is -0.478 e. The van der Waals surface area contributed by atoms with Gasteiger partial charge in [-0.05, 0) is 44.7 Å². The van der Waals surface area contributed by atoms with Gasteiger partial charge in [-0.2, -0.15) is 4.98 Å². The SMILES string of the molecule is CCOc1ncc(C2(O)CCC3CN(Cc4cnc5ccccc5n4)CC32)c(OCC)n1. The molecule has 1 saturated carbocycles. The van der Waals surface area contributed by atoms with Crippen molar-refractivity contribution in [3.8, 4) is 11.9 Å². The van der Waals surface area contributed by atoms with Gasteiger partial charge < -0.3 is 14.6 Å². The number of aliphatic hydroxyl groups is 1. The molecule has 3 aromatic rings. The van der Waals surface area contributed by atoms with E-state index in [0.717, 1.165) is 42.8 Å². The monoisotopic (exact) mass is 435 g/mol. The number of para-hydroxylation sites is 2. The van der Waals surface area contributed by atoms with Crippen molar-refractivity contribution in [2.45, 2.75) is 38.8 Å². The Morgan fingerprint density at radius 2 is 1.84 bits per heavy atom. The quantitative estimate of drug-likeness (QED) is 0.605. The topological polar surface area (TPSA) is 93.5 Å². The summed E-state index contributed by atoms with van der Waals surface area (Å²) in [7, 11) is 0. The van der Waals surface area contributed by atoms with Gasteiger partial charge in [-0.25, -0.2) is 9.97 Å². The Labute approximate surface area is 187 Å². The van der Waals surface area contributed by atoms with Gasteiger partial charge in [-0.15, -0.1) is 0 Å². The number of ether oxygens (including phenoxy) is 2. The number of fused-ring (bicyclic) bond motifs is 2. The fourth-order valence-electron chi connectivity index (χ4n) is 5.24. The molecule has 8 heteroatoms. The fraction of sp³-hybridized carbons (Fsp3) is 0.500. The Hall–Kier alpha value is -2.84. The van der Waals surface area contributed by atoms with E-state index in [0.29, 0.717) is 37.0 Å². The molecule has 1 aliphatic heterocycles. The number of benzene rings is 1. The van der Waals surface area contributed by atoms with Crippen LogP contribution in [-0.2, 0) is 12.1 Å². The fourth-order valence-corrected chi connectivity index (χ4v) is 5.24. The Kier molecular flexibility index (Phi) is 5.65. The number of nitrogens with zero attached hydrogens (tertiary/aromatic N) is 5. The molecule has 0 radical (unpaired) electrons. The van der Waals surface area contributed by atoms with Crippen LogP contribution in [0.5, 0.6) is 11.9 Å². The Morgan fingerprint density at radius 1 is 1.03 bits per heavy atom. The van der Waals surface area contributed by atoms with Crippen molar-refractivity contribution in [3.63, 3.8) is 0 Å². The lowest BCUT2D eigenvalue weighted by atomic mass is 9.83. The maximum Gasteiger partial charge on any atom is 0.319 e. The highest BCUT2D eigenvalue weighted by atomic mass is 16.5. The van der Waals surface area contributed by atoms with Gasteiger partial charge in [0.1, 0.15) is 5.60 Å². The second-order valence-electron chi connectivity index (χ2n) is 8.61. The van der Waals surface area contributed by atoms with Crippen molar-refractivity contribution >= 4 is 11.0 Å². The van der Waals surface area contributed by atoms with Gasteiger partial charge in [0.25, 0.3) is 0 Å². The molecule has 2 fully saturated rings. The minimum absolute atomic E-state index is 0.0941. The molecular weight excluding hydrogens is 406 g/mol. The summed E-state index contributed by atoms with van der Waals surface area (Å²) >= 11 is 0. The van der Waals surface area contributed by atoms with Crippen molar-refractivity contribution in [2.24, 2.45) is 11.8 Å². The van der Waals surface area contributed by atoms with Crippen LogP contribution in [0.4, 0.5) is 0 Å². The zero-order valence-electron chi connectivity index (χ0n) is 18.6. The van der Waals surface area contributed by atoms with Crippen LogP contribution in [0.3, 0.4) is 0 Å². The Bertz CT molecular complexity index is 1110. The Balaban J connectivity index is 1.36. The van der Waals surface area contributed by atoms with Crippen LogP contribution in [0.1, 0.15) is 37.9 Å². The largest absolute Gasteiger partial charge is 0.478 e. The molecule has 1 saturated heterocycles. The molecule has 168 valence electrons. The third-order valence-corrected chi connectivity index (χ3v) is 6.66. The van der Waals surface area contributed by atoms with Gasteiger partial charge in [0.2, 0.25) is 5.88 Å². The normalized spacial score (nSPS) is 25.2. The van der Waals surface area contributed by atoms with Gasteiger partial charge in [0, 0.05) is 31.7 Å². The molecule has 3 heterocycles. The number of hydrogen-bond acceptors (Lipinski definition) is 8. The van der Waals surface area contributed by atoms with Gasteiger partial charge in [-0.1, -0.05) is 12.1 Å². The zero-order valence-corrected chi connectivity index (χ0v) is 18.6. The van der Waals surface area contributed by atoms with Gasteiger partial charge >= 0.3 is 6.01 Å². The van der Waals surface area contributed by atoms with Crippen LogP contribution in [0.2, 0.25) is 0 Å². The number of rotatable bonds is 7. The van der Waals surface area contributed by atoms with E-state index in [2.05, 4.69) is 19.9 Å². The van der Waals surface area contributed by atoms with Crippen LogP contribution in [-0.4, -0.2) is 56.2 Å². The maximum atomic E-state index is 11.8. The second kappa shape index (κ2) is 8.60. The lowest BCUT2D eigenvalue weighted by molar-refractivity contribution is -0.0102. The van der Waals surface area contributed by atoms with Crippen LogP contribution in [0.15, 0.2) is 36.7 Å². The van der Waals surface area contributed by atoms with Gasteiger partial charge in [-0.3, -0.25) is 9.88 Å². The first-order valence-electron chi connectivity index (χ1n) is 11.4. The van der Waals surface area contributed by atoms with Crippen LogP contribution >= 0.6 is 0 Å². The lowest BCUT2D eigenvalue weighted by Crippen LogP contribution is -2.35. The molecule has 3 unspecified atom stereocenters. The third-order valence-electron chi connectivity index (χ3n) is 6.66. The molecule has 2 aromatic heterocycles. The molecule has 32 heavy (non-hydrogen) atoms. The number of aromatic nitrogens is 4. The highest BCUT2D eigenvalue weighted by Crippen LogP contribution is 2.52. The van der Waals surface area contributed by atoms with E-state index in [-0.39, 0.29) is 11.9 Å². The summed E-state index contributed by atoms with van der Waals surface area (Å²) in [5.41, 5.74) is 2.43. The first kappa shape index (κ1) is 21.0. The second-order valence-corrected chi connectivity index (χ2v) is 8.61. The average molecular weight is 436 g/mol. The summed E-state index contributed by atoms with van der Waals surface area (Å²) in [5, 5.41) is 11.8. The van der Waals surface area contributed by atoms with E-state index in [1.807, 2.05) is 44.3 Å². The van der Waals surface area contributed by atoms with Crippen LogP contribution < -0.4 is 9.47 Å². The van der Waals surface area contributed by atoms with Gasteiger partial charge in [0.15, 0.2) is 0 Å². The minimum atomic E-state index is -1.01. The molecule has 2 aliphatic rings. The summed E-state index contributed by atoms with van der Waals surface area (Å²) in [4.78, 5) is 20.4. The molecule has 1 aromatic carbocycles. The van der Waals surface area contributed by atoms with Crippen molar-refractivity contribution < 1.29 is 14.6 Å². The molecule has 3 atom stereocenters.